The lowest BCUT2D eigenvalue weighted by Crippen LogP contribution is -2.72. The summed E-state index contributed by atoms with van der Waals surface area (Å²) in [7, 11) is -2.20. The molecule has 1 rings (SSSR count). The van der Waals surface area contributed by atoms with Crippen molar-refractivity contribution >= 4 is 49.3 Å². The molecule has 1 aliphatic rings. The van der Waals surface area contributed by atoms with Crippen molar-refractivity contribution in [3.05, 3.63) is 24.3 Å². The third-order valence-corrected chi connectivity index (χ3v) is 5.37. The number of alkyl halides is 2. The lowest BCUT2D eigenvalue weighted by molar-refractivity contribution is -0.159. The second kappa shape index (κ2) is 10.6. The van der Waals surface area contributed by atoms with E-state index >= 15 is 0 Å². The molecule has 1 saturated heterocycles. The molecule has 0 spiro atoms. The maximum absolute atomic E-state index is 12.6. The predicted octanol–water partition coefficient (Wildman–Crippen LogP) is 2.67. The SMILES string of the molecule is C=C(CCl)C(C(=O)O[Si](C)(C)C)N1C(=O)C(NC(=O)C=CCCCC#N)C1Cl. The highest BCUT2D eigenvalue weighted by molar-refractivity contribution is 6.71. The molecule has 2 amide bonds. The normalized spacial score (nSPS) is 20.3. The summed E-state index contributed by atoms with van der Waals surface area (Å²) in [5.41, 5.74) is -0.631. The first-order valence-corrected chi connectivity index (χ1v) is 13.2. The molecule has 0 radical (unpaired) electrons. The zero-order chi connectivity index (χ0) is 21.5. The van der Waals surface area contributed by atoms with Gasteiger partial charge < -0.3 is 14.6 Å². The van der Waals surface area contributed by atoms with E-state index in [4.69, 9.17) is 32.9 Å². The van der Waals surface area contributed by atoms with Crippen molar-refractivity contribution in [3.8, 4) is 6.07 Å². The number of hydrogen-bond donors (Lipinski definition) is 1. The van der Waals surface area contributed by atoms with Gasteiger partial charge in [-0.1, -0.05) is 24.3 Å². The molecule has 0 aromatic carbocycles. The predicted molar refractivity (Wildman–Crippen MR) is 110 cm³/mol. The van der Waals surface area contributed by atoms with E-state index in [1.807, 2.05) is 25.7 Å². The molecule has 154 valence electrons. The molecule has 0 aromatic rings. The Morgan fingerprint density at radius 2 is 2.11 bits per heavy atom. The van der Waals surface area contributed by atoms with E-state index in [9.17, 15) is 14.4 Å². The van der Waals surface area contributed by atoms with Gasteiger partial charge in [-0.05, 0) is 44.1 Å². The number of β-lactam (4-membered cyclic amide) rings is 1. The molecule has 0 bridgehead atoms. The Morgan fingerprint density at radius 3 is 2.61 bits per heavy atom. The quantitative estimate of drug-likeness (QED) is 0.106. The Morgan fingerprint density at radius 1 is 1.46 bits per heavy atom. The van der Waals surface area contributed by atoms with Gasteiger partial charge in [0, 0.05) is 12.3 Å². The van der Waals surface area contributed by atoms with Crippen LogP contribution in [0.1, 0.15) is 19.3 Å². The van der Waals surface area contributed by atoms with Crippen LogP contribution in [0.2, 0.25) is 19.6 Å². The first-order chi connectivity index (χ1) is 13.0. The Labute approximate surface area is 176 Å². The van der Waals surface area contributed by atoms with Gasteiger partial charge in [0.1, 0.15) is 11.5 Å². The van der Waals surface area contributed by atoms with E-state index in [1.54, 1.807) is 6.08 Å². The summed E-state index contributed by atoms with van der Waals surface area (Å²) in [6.07, 6.45) is 4.56. The van der Waals surface area contributed by atoms with Crippen LogP contribution in [0.15, 0.2) is 24.3 Å². The summed E-state index contributed by atoms with van der Waals surface area (Å²) in [5, 5.41) is 11.0. The molecule has 1 heterocycles. The van der Waals surface area contributed by atoms with Crippen LogP contribution in [0.5, 0.6) is 0 Å². The maximum atomic E-state index is 12.6. The van der Waals surface area contributed by atoms with Crippen molar-refractivity contribution < 1.29 is 18.8 Å². The van der Waals surface area contributed by atoms with Gasteiger partial charge >= 0.3 is 5.97 Å². The largest absolute Gasteiger partial charge is 0.518 e. The lowest BCUT2D eigenvalue weighted by Gasteiger charge is -2.47. The summed E-state index contributed by atoms with van der Waals surface area (Å²) in [6.45, 7) is 9.28. The van der Waals surface area contributed by atoms with E-state index in [-0.39, 0.29) is 5.88 Å². The van der Waals surface area contributed by atoms with Crippen molar-refractivity contribution in [2.75, 3.05) is 5.88 Å². The fourth-order valence-electron chi connectivity index (χ4n) is 2.48. The van der Waals surface area contributed by atoms with Gasteiger partial charge in [0.15, 0.2) is 6.04 Å². The van der Waals surface area contributed by atoms with Crippen LogP contribution in [0.3, 0.4) is 0 Å². The Balaban J connectivity index is 2.76. The van der Waals surface area contributed by atoms with E-state index in [0.717, 1.165) is 4.90 Å². The zero-order valence-corrected chi connectivity index (χ0v) is 18.7. The number of carbonyl (C=O) groups excluding carboxylic acids is 3. The van der Waals surface area contributed by atoms with E-state index in [0.29, 0.717) is 24.8 Å². The van der Waals surface area contributed by atoms with Crippen LogP contribution >= 0.6 is 23.2 Å². The van der Waals surface area contributed by atoms with E-state index in [2.05, 4.69) is 11.9 Å². The van der Waals surface area contributed by atoms with Crippen LogP contribution in [0.25, 0.3) is 0 Å². The number of nitrogens with one attached hydrogen (secondary N) is 1. The number of hydrogen-bond acceptors (Lipinski definition) is 5. The highest BCUT2D eigenvalue weighted by Crippen LogP contribution is 2.30. The highest BCUT2D eigenvalue weighted by atomic mass is 35.5. The maximum Gasteiger partial charge on any atom is 0.319 e. The number of rotatable bonds is 10. The average molecular weight is 446 g/mol. The summed E-state index contributed by atoms with van der Waals surface area (Å²) < 4.78 is 5.48. The van der Waals surface area contributed by atoms with Crippen molar-refractivity contribution in [1.29, 1.82) is 5.26 Å². The minimum absolute atomic E-state index is 0.0404. The molecule has 10 heteroatoms. The molecular formula is C18H25Cl2N3O4Si. The van der Waals surface area contributed by atoms with Crippen LogP contribution in [-0.4, -0.2) is 54.5 Å². The Kier molecular flexibility index (Phi) is 9.21. The number of unbranched alkanes of at least 4 members (excludes halogenated alkanes) is 2. The van der Waals surface area contributed by atoms with Crippen molar-refractivity contribution in [1.82, 2.24) is 10.2 Å². The van der Waals surface area contributed by atoms with E-state index in [1.165, 1.54) is 6.08 Å². The highest BCUT2D eigenvalue weighted by Gasteiger charge is 2.53. The molecule has 28 heavy (non-hydrogen) atoms. The molecule has 3 atom stereocenters. The summed E-state index contributed by atoms with van der Waals surface area (Å²) in [5.74, 6) is -1.64. The van der Waals surface area contributed by atoms with Crippen LogP contribution in [0.4, 0.5) is 0 Å². The standard InChI is InChI=1S/C18H25Cl2N3O4Si/c1-12(11-19)15(18(26)27-28(2,3)4)23-16(20)14(17(23)25)22-13(24)9-7-5-6-8-10-21/h7,9,14-16H,1,5-6,8,11H2,2-4H3,(H,22,24). The number of amides is 2. The van der Waals surface area contributed by atoms with Crippen molar-refractivity contribution in [3.63, 3.8) is 0 Å². The first-order valence-electron chi connectivity index (χ1n) is 8.80. The first kappa shape index (κ1) is 24.2. The zero-order valence-electron chi connectivity index (χ0n) is 16.2. The third-order valence-electron chi connectivity index (χ3n) is 3.75. The lowest BCUT2D eigenvalue weighted by atomic mass is 9.99. The molecule has 0 saturated carbocycles. The minimum atomic E-state index is -2.20. The van der Waals surface area contributed by atoms with E-state index < -0.39 is 43.7 Å². The second-order valence-electron chi connectivity index (χ2n) is 7.29. The average Bonchev–Trinajstić information content (AvgIpc) is 2.61. The molecule has 0 aliphatic carbocycles. The second-order valence-corrected chi connectivity index (χ2v) is 12.4. The van der Waals surface area contributed by atoms with Gasteiger partial charge in [-0.3, -0.25) is 14.4 Å². The van der Waals surface area contributed by atoms with Crippen LogP contribution < -0.4 is 5.32 Å². The van der Waals surface area contributed by atoms with Gasteiger partial charge in [0.05, 0.1) is 6.07 Å². The number of likely N-dealkylation sites (tertiary alicyclic amines) is 1. The summed E-state index contributed by atoms with van der Waals surface area (Å²) in [6, 6.07) is -0.0279. The van der Waals surface area contributed by atoms with Gasteiger partial charge in [-0.25, -0.2) is 0 Å². The van der Waals surface area contributed by atoms with Gasteiger partial charge in [0.2, 0.25) is 14.2 Å². The topological polar surface area (TPSA) is 99.5 Å². The number of halogens is 2. The van der Waals surface area contributed by atoms with Crippen molar-refractivity contribution in [2.45, 2.75) is 56.5 Å². The molecule has 1 aliphatic heterocycles. The number of allylic oxidation sites excluding steroid dienone is 1. The fraction of sp³-hybridized carbons (Fsp3) is 0.556. The fourth-order valence-corrected chi connectivity index (χ4v) is 3.72. The van der Waals surface area contributed by atoms with Crippen LogP contribution in [0, 0.1) is 11.3 Å². The molecular weight excluding hydrogens is 421 g/mol. The minimum Gasteiger partial charge on any atom is -0.518 e. The third kappa shape index (κ3) is 6.65. The van der Waals surface area contributed by atoms with Gasteiger partial charge in [-0.2, -0.15) is 5.26 Å². The number of nitriles is 1. The Bertz CT molecular complexity index is 700. The molecule has 1 N–H and O–H groups in total. The molecule has 7 nitrogen and oxygen atoms in total. The van der Waals surface area contributed by atoms with Gasteiger partial charge in [0.25, 0.3) is 5.91 Å². The smallest absolute Gasteiger partial charge is 0.319 e. The molecule has 3 unspecified atom stereocenters. The monoisotopic (exact) mass is 445 g/mol. The molecule has 0 aromatic heterocycles. The molecule has 1 fully saturated rings. The number of carbonyl (C=O) groups is 3. The number of nitrogens with zero attached hydrogens (tertiary/aromatic N) is 2. The Hall–Kier alpha value is -1.82. The van der Waals surface area contributed by atoms with Gasteiger partial charge in [-0.15, -0.1) is 11.6 Å². The van der Waals surface area contributed by atoms with Crippen LogP contribution in [-0.2, 0) is 18.8 Å². The summed E-state index contributed by atoms with van der Waals surface area (Å²) in [4.78, 5) is 38.2. The van der Waals surface area contributed by atoms with Crippen molar-refractivity contribution in [2.24, 2.45) is 0 Å². The summed E-state index contributed by atoms with van der Waals surface area (Å²) >= 11 is 12.1.